The highest BCUT2D eigenvalue weighted by molar-refractivity contribution is 8.00. The minimum absolute atomic E-state index is 0.00279. The Labute approximate surface area is 290 Å². The van der Waals surface area contributed by atoms with Crippen LogP contribution in [0.3, 0.4) is 0 Å². The molecule has 2 aliphatic rings. The average molecular weight is 724 g/mol. The molecule has 260 valence electrons. The quantitative estimate of drug-likeness (QED) is 0.0369. The van der Waals surface area contributed by atoms with Crippen molar-refractivity contribution in [3.05, 3.63) is 64.9 Å². The second kappa shape index (κ2) is 13.2. The molecule has 1 saturated heterocycles. The number of aliphatic carboxylic acids is 2. The third-order valence-electron chi connectivity index (χ3n) is 7.64. The van der Waals surface area contributed by atoms with Crippen molar-refractivity contribution in [1.29, 1.82) is 0 Å². The maximum atomic E-state index is 13.3. The number of carboxylic acids is 2. The van der Waals surface area contributed by atoms with Crippen molar-refractivity contribution in [3.8, 4) is 0 Å². The first-order chi connectivity index (χ1) is 23.7. The predicted molar refractivity (Wildman–Crippen MR) is 176 cm³/mol. The Morgan fingerprint density at radius 3 is 2.76 bits per heavy atom. The molecule has 2 aliphatic heterocycles. The molecule has 2 atom stereocenters. The third kappa shape index (κ3) is 6.67. The number of aliphatic imine (C=N–C) groups is 1. The lowest BCUT2D eigenvalue weighted by molar-refractivity contribution is -0.687. The van der Waals surface area contributed by atoms with Crippen LogP contribution in [-0.2, 0) is 37.1 Å². The van der Waals surface area contributed by atoms with Gasteiger partial charge in [-0.1, -0.05) is 10.3 Å². The van der Waals surface area contributed by atoms with Gasteiger partial charge in [0, 0.05) is 35.0 Å². The minimum atomic E-state index is -1.79. The van der Waals surface area contributed by atoms with E-state index >= 15 is 0 Å². The van der Waals surface area contributed by atoms with Crippen LogP contribution in [0.25, 0.3) is 10.9 Å². The lowest BCUT2D eigenvalue weighted by Gasteiger charge is -2.50. The fourth-order valence-electron chi connectivity index (χ4n) is 5.18. The molecule has 21 heteroatoms. The molecule has 50 heavy (non-hydrogen) atoms. The summed E-state index contributed by atoms with van der Waals surface area (Å²) >= 11 is 2.28. The Bertz CT molecular complexity index is 2130. The highest BCUT2D eigenvalue weighted by Crippen LogP contribution is 2.40. The lowest BCUT2D eigenvalue weighted by Crippen LogP contribution is -2.71. The highest BCUT2D eigenvalue weighted by Gasteiger charge is 2.53. The Morgan fingerprint density at radius 2 is 2.08 bits per heavy atom. The normalized spacial score (nSPS) is 17.7. The van der Waals surface area contributed by atoms with Crippen molar-refractivity contribution < 1.29 is 43.3 Å². The van der Waals surface area contributed by atoms with Crippen LogP contribution in [0.4, 0.5) is 10.9 Å². The van der Waals surface area contributed by atoms with Crippen LogP contribution in [0.2, 0.25) is 0 Å². The number of thiazole rings is 1. The number of guanidine groups is 1. The number of amides is 2. The van der Waals surface area contributed by atoms with E-state index in [0.29, 0.717) is 17.9 Å². The van der Waals surface area contributed by atoms with Gasteiger partial charge in [-0.05, 0) is 19.9 Å². The zero-order valence-corrected chi connectivity index (χ0v) is 27.9. The molecule has 0 radical (unpaired) electrons. The van der Waals surface area contributed by atoms with Gasteiger partial charge in [0.05, 0.1) is 29.1 Å². The zero-order valence-electron chi connectivity index (χ0n) is 26.3. The number of fused-ring (bicyclic) bond motifs is 2. The van der Waals surface area contributed by atoms with Crippen LogP contribution < -0.4 is 32.2 Å². The monoisotopic (exact) mass is 723 g/mol. The van der Waals surface area contributed by atoms with Crippen molar-refractivity contribution in [2.24, 2.45) is 21.6 Å². The molecule has 0 unspecified atom stereocenters. The summed E-state index contributed by atoms with van der Waals surface area (Å²) in [5.41, 5.74) is 15.3. The SMILES string of the molecule is CC(C)(O/N=C(\C(=O)N[C@@H]1C(=O)N2C(C(=O)[O-])=C(C[n+]3ccc4c(ccn4Cc4cc(N=C(N)N)no4)c3)CS[C@H]12)c1csc(N)n1)C(=O)O. The van der Waals surface area contributed by atoms with Crippen LogP contribution in [0, 0.1) is 0 Å². The molecule has 0 aromatic carbocycles. The number of nitrogens with two attached hydrogens (primary N) is 3. The van der Waals surface area contributed by atoms with Crippen molar-refractivity contribution in [2.75, 3.05) is 11.5 Å². The van der Waals surface area contributed by atoms with E-state index in [2.05, 4.69) is 25.6 Å². The Kier molecular flexibility index (Phi) is 8.93. The van der Waals surface area contributed by atoms with Gasteiger partial charge in [0.25, 0.3) is 11.8 Å². The first kappa shape index (κ1) is 33.9. The number of nitrogens with one attached hydrogen (secondary N) is 1. The number of nitrogens with zero attached hydrogens (tertiary/aromatic N) is 7. The lowest BCUT2D eigenvalue weighted by atomic mass is 10.0. The Morgan fingerprint density at radius 1 is 1.30 bits per heavy atom. The van der Waals surface area contributed by atoms with E-state index < -0.39 is 46.5 Å². The van der Waals surface area contributed by atoms with Crippen molar-refractivity contribution in [3.63, 3.8) is 0 Å². The van der Waals surface area contributed by atoms with E-state index in [-0.39, 0.29) is 40.6 Å². The maximum Gasteiger partial charge on any atom is 0.350 e. The number of hydrogen-bond donors (Lipinski definition) is 5. The van der Waals surface area contributed by atoms with Gasteiger partial charge >= 0.3 is 5.97 Å². The molecule has 0 saturated carbocycles. The number of nitrogen functional groups attached to an aromatic ring is 1. The smallest absolute Gasteiger partial charge is 0.350 e. The topological polar surface area (TPSA) is 287 Å². The maximum absolute atomic E-state index is 13.3. The molecule has 0 aliphatic carbocycles. The van der Waals surface area contributed by atoms with Crippen LogP contribution in [0.5, 0.6) is 0 Å². The van der Waals surface area contributed by atoms with Crippen molar-refractivity contribution in [1.82, 2.24) is 24.9 Å². The summed E-state index contributed by atoms with van der Waals surface area (Å²) in [5.74, 6) is -3.58. The molecule has 19 nitrogen and oxygen atoms in total. The standard InChI is InChI=1S/C29H29N11O8S2/c1-29(2,26(45)46)48-37-19(16-12-50-28(32)33-16)22(41)35-20-23(42)40-21(25(43)44)14(11-49-24(20)40)9-38-5-4-17-13(8-38)3-6-39(17)10-15-7-18(36-47-15)34-27(30)31/h3-8,12,20,24H,9-11H2,1-2H3,(H8-,30,31,32,33,34,35,36,41,43,44,45,46)/b37-19-/t20-,24-/m1/s1. The predicted octanol–water partition coefficient (Wildman–Crippen LogP) is -1.40. The van der Waals surface area contributed by atoms with Crippen LogP contribution in [0.15, 0.2) is 68.1 Å². The van der Waals surface area contributed by atoms with Gasteiger partial charge < -0.3 is 51.5 Å². The summed E-state index contributed by atoms with van der Waals surface area (Å²) in [6, 6.07) is 4.24. The highest BCUT2D eigenvalue weighted by atomic mass is 32.2. The summed E-state index contributed by atoms with van der Waals surface area (Å²) in [6.45, 7) is 2.97. The van der Waals surface area contributed by atoms with Crippen LogP contribution in [0.1, 0.15) is 25.3 Å². The largest absolute Gasteiger partial charge is 0.543 e. The van der Waals surface area contributed by atoms with E-state index in [1.54, 1.807) is 16.8 Å². The number of pyridine rings is 1. The summed E-state index contributed by atoms with van der Waals surface area (Å²) in [6.07, 6.45) is 5.48. The molecule has 2 amide bonds. The van der Waals surface area contributed by atoms with E-state index in [1.807, 2.05) is 29.1 Å². The van der Waals surface area contributed by atoms with E-state index in [1.165, 1.54) is 31.0 Å². The van der Waals surface area contributed by atoms with Gasteiger partial charge in [0.15, 0.2) is 47.3 Å². The van der Waals surface area contributed by atoms with E-state index in [4.69, 9.17) is 26.6 Å². The van der Waals surface area contributed by atoms with Gasteiger partial charge in [-0.15, -0.1) is 23.1 Å². The van der Waals surface area contributed by atoms with Gasteiger partial charge in [-0.25, -0.2) is 14.3 Å². The van der Waals surface area contributed by atoms with E-state index in [9.17, 15) is 29.4 Å². The number of rotatable bonds is 12. The number of aromatic nitrogens is 4. The molecule has 0 spiro atoms. The van der Waals surface area contributed by atoms with Gasteiger partial charge in [-0.2, -0.15) is 4.99 Å². The summed E-state index contributed by atoms with van der Waals surface area (Å²) in [4.78, 5) is 64.7. The van der Waals surface area contributed by atoms with Crippen molar-refractivity contribution in [2.45, 2.75) is 44.0 Å². The van der Waals surface area contributed by atoms with Crippen molar-refractivity contribution >= 4 is 80.4 Å². The first-order valence-corrected chi connectivity index (χ1v) is 16.6. The molecule has 0 bridgehead atoms. The molecule has 4 aromatic heterocycles. The number of carbonyl (C=O) groups is 4. The van der Waals surface area contributed by atoms with Gasteiger partial charge in [-0.3, -0.25) is 14.5 Å². The van der Waals surface area contributed by atoms with E-state index in [0.717, 1.165) is 27.1 Å². The first-order valence-electron chi connectivity index (χ1n) is 14.6. The molecule has 6 rings (SSSR count). The summed E-state index contributed by atoms with van der Waals surface area (Å²) in [7, 11) is 0. The molecule has 4 aromatic rings. The Balaban J connectivity index is 1.18. The molecular weight excluding hydrogens is 695 g/mol. The number of carbonyl (C=O) groups excluding carboxylic acids is 3. The third-order valence-corrected chi connectivity index (χ3v) is 9.66. The fraction of sp³-hybridized carbons (Fsp3) is 0.276. The van der Waals surface area contributed by atoms with Crippen LogP contribution >= 0.6 is 23.1 Å². The molecular formula is C29H29N11O8S2. The number of anilines is 1. The van der Waals surface area contributed by atoms with Crippen LogP contribution in [-0.4, -0.2) is 82.9 Å². The molecule has 6 heterocycles. The Hall–Kier alpha value is -5.96. The fourth-order valence-corrected chi connectivity index (χ4v) is 7.06. The number of β-lactam (4-membered cyclic amide) rings is 1. The number of hydrogen-bond acceptors (Lipinski definition) is 14. The summed E-state index contributed by atoms with van der Waals surface area (Å²) < 4.78 is 9.04. The van der Waals surface area contributed by atoms with Gasteiger partial charge in [0.1, 0.15) is 17.1 Å². The second-order valence-electron chi connectivity index (χ2n) is 11.6. The zero-order chi connectivity index (χ0) is 35.9. The molecule has 1 fully saturated rings. The minimum Gasteiger partial charge on any atom is -0.543 e. The summed E-state index contributed by atoms with van der Waals surface area (Å²) in [5, 5.41) is 33.5. The second-order valence-corrected chi connectivity index (χ2v) is 13.6. The number of oxime groups is 1. The average Bonchev–Trinajstić information content (AvgIpc) is 3.79. The number of thioether (sulfide) groups is 1. The molecule has 8 N–H and O–H groups in total. The van der Waals surface area contributed by atoms with Gasteiger partial charge in [0.2, 0.25) is 5.60 Å². The number of carboxylic acid groups (broad SMARTS) is 2.